The average molecular weight is 395 g/mol. The van der Waals surface area contributed by atoms with Crippen molar-refractivity contribution in [3.05, 3.63) is 65.2 Å². The van der Waals surface area contributed by atoms with E-state index in [9.17, 15) is 27.1 Å². The van der Waals surface area contributed by atoms with Crippen LogP contribution in [0.1, 0.15) is 22.7 Å². The monoisotopic (exact) mass is 395 g/mol. The fourth-order valence-electron chi connectivity index (χ4n) is 3.32. The predicted octanol–water partition coefficient (Wildman–Crippen LogP) is 2.34. The molecule has 1 unspecified atom stereocenters. The normalized spacial score (nSPS) is 17.0. The summed E-state index contributed by atoms with van der Waals surface area (Å²) >= 11 is 0. The Morgan fingerprint density at radius 1 is 1.15 bits per heavy atom. The number of benzene rings is 2. The number of hydrogen-bond acceptors (Lipinski definition) is 4. The van der Waals surface area contributed by atoms with E-state index >= 15 is 0 Å². The van der Waals surface area contributed by atoms with Gasteiger partial charge in [-0.3, -0.25) is 4.79 Å². The van der Waals surface area contributed by atoms with Gasteiger partial charge in [-0.1, -0.05) is 36.4 Å². The van der Waals surface area contributed by atoms with Crippen LogP contribution in [0.4, 0.5) is 8.78 Å². The predicted molar refractivity (Wildman–Crippen MR) is 95.0 cm³/mol. The van der Waals surface area contributed by atoms with Gasteiger partial charge in [-0.25, -0.2) is 8.42 Å². The first-order valence-electron chi connectivity index (χ1n) is 8.43. The van der Waals surface area contributed by atoms with Crippen molar-refractivity contribution in [3.8, 4) is 0 Å². The van der Waals surface area contributed by atoms with Gasteiger partial charge >= 0.3 is 5.76 Å². The third-order valence-electron chi connectivity index (χ3n) is 4.75. The Bertz CT molecular complexity index is 929. The van der Waals surface area contributed by atoms with Crippen LogP contribution in [0.3, 0.4) is 0 Å². The van der Waals surface area contributed by atoms with Crippen LogP contribution >= 0.6 is 0 Å². The van der Waals surface area contributed by atoms with Gasteiger partial charge in [0.25, 0.3) is 0 Å². The van der Waals surface area contributed by atoms with Crippen LogP contribution in [-0.2, 0) is 27.5 Å². The molecule has 8 heteroatoms. The number of sulfone groups is 1. The van der Waals surface area contributed by atoms with Gasteiger partial charge in [0.1, 0.15) is 0 Å². The molecule has 1 aliphatic rings. The largest absolute Gasteiger partial charge is 0.394 e. The first-order valence-corrected chi connectivity index (χ1v) is 9.98. The molecule has 0 aromatic heterocycles. The summed E-state index contributed by atoms with van der Waals surface area (Å²) in [5, 5.41) is 9.77. The van der Waals surface area contributed by atoms with Crippen LogP contribution < -0.4 is 0 Å². The van der Waals surface area contributed by atoms with Crippen molar-refractivity contribution in [1.82, 2.24) is 4.90 Å². The van der Waals surface area contributed by atoms with Crippen molar-refractivity contribution < 1.29 is 27.1 Å². The highest BCUT2D eigenvalue weighted by atomic mass is 32.2. The lowest BCUT2D eigenvalue weighted by atomic mass is 9.92. The Balaban J connectivity index is 1.76. The van der Waals surface area contributed by atoms with Crippen LogP contribution in [0.25, 0.3) is 0 Å². The number of rotatable bonds is 5. The zero-order valence-electron chi connectivity index (χ0n) is 14.4. The maximum atomic E-state index is 12.7. The topological polar surface area (TPSA) is 74.7 Å². The average Bonchev–Trinajstić information content (AvgIpc) is 2.67. The Hall–Kier alpha value is -2.32. The second-order valence-electron chi connectivity index (χ2n) is 6.36. The standard InChI is InChI=1S/C19H19F2NO4S/c20-19(21)27(25,26)15-7-5-13(6-8-15)11-18(24)22-10-9-14-3-1-2-4-16(14)17(22)12-23/h1-8,17,19,23H,9-12H2. The number of alkyl halides is 2. The number of aliphatic hydroxyl groups excluding tert-OH is 1. The molecule has 0 aliphatic carbocycles. The zero-order chi connectivity index (χ0) is 19.6. The third kappa shape index (κ3) is 3.86. The van der Waals surface area contributed by atoms with E-state index in [0.29, 0.717) is 18.5 Å². The minimum absolute atomic E-state index is 0.00628. The van der Waals surface area contributed by atoms with E-state index in [-0.39, 0.29) is 18.9 Å². The molecule has 1 aliphatic heterocycles. The summed E-state index contributed by atoms with van der Waals surface area (Å²) in [5.74, 6) is -3.70. The van der Waals surface area contributed by atoms with Gasteiger partial charge in [0.05, 0.1) is 24.0 Å². The molecule has 1 amide bonds. The van der Waals surface area contributed by atoms with E-state index in [1.54, 1.807) is 4.90 Å². The lowest BCUT2D eigenvalue weighted by Crippen LogP contribution is -2.42. The van der Waals surface area contributed by atoms with Gasteiger partial charge in [0, 0.05) is 6.54 Å². The molecule has 0 fully saturated rings. The molecule has 27 heavy (non-hydrogen) atoms. The van der Waals surface area contributed by atoms with E-state index < -0.39 is 26.5 Å². The van der Waals surface area contributed by atoms with Gasteiger partial charge in [-0.15, -0.1) is 0 Å². The van der Waals surface area contributed by atoms with Gasteiger partial charge < -0.3 is 10.0 Å². The van der Waals surface area contributed by atoms with Crippen molar-refractivity contribution >= 4 is 15.7 Å². The lowest BCUT2D eigenvalue weighted by molar-refractivity contribution is -0.134. The molecular formula is C19H19F2NO4S. The van der Waals surface area contributed by atoms with Gasteiger partial charge in [-0.2, -0.15) is 8.78 Å². The van der Waals surface area contributed by atoms with Crippen LogP contribution in [0, 0.1) is 0 Å². The van der Waals surface area contributed by atoms with Crippen LogP contribution in [0.15, 0.2) is 53.4 Å². The molecule has 2 aromatic carbocycles. The van der Waals surface area contributed by atoms with Gasteiger partial charge in [0.2, 0.25) is 15.7 Å². The quantitative estimate of drug-likeness (QED) is 0.843. The molecule has 1 N–H and O–H groups in total. The van der Waals surface area contributed by atoms with Gasteiger partial charge in [0.15, 0.2) is 0 Å². The van der Waals surface area contributed by atoms with E-state index in [2.05, 4.69) is 0 Å². The summed E-state index contributed by atoms with van der Waals surface area (Å²) in [6.07, 6.45) is 0.678. The summed E-state index contributed by atoms with van der Waals surface area (Å²) in [7, 11) is -4.65. The van der Waals surface area contributed by atoms with E-state index in [0.717, 1.165) is 23.3 Å². The molecule has 1 atom stereocenters. The lowest BCUT2D eigenvalue weighted by Gasteiger charge is -2.36. The minimum atomic E-state index is -4.65. The second-order valence-corrected chi connectivity index (χ2v) is 8.28. The second kappa shape index (κ2) is 7.74. The summed E-state index contributed by atoms with van der Waals surface area (Å²) in [6, 6.07) is 12.1. The molecule has 0 saturated carbocycles. The van der Waals surface area contributed by atoms with Crippen LogP contribution in [-0.4, -0.2) is 43.2 Å². The third-order valence-corrected chi connectivity index (χ3v) is 6.15. The maximum Gasteiger partial charge on any atom is 0.341 e. The minimum Gasteiger partial charge on any atom is -0.394 e. The fraction of sp³-hybridized carbons (Fsp3) is 0.316. The van der Waals surface area contributed by atoms with Gasteiger partial charge in [-0.05, 0) is 35.2 Å². The smallest absolute Gasteiger partial charge is 0.341 e. The summed E-state index contributed by atoms with van der Waals surface area (Å²) in [4.78, 5) is 13.8. The van der Waals surface area contributed by atoms with Crippen LogP contribution in [0.2, 0.25) is 0 Å². The maximum absolute atomic E-state index is 12.7. The first-order chi connectivity index (χ1) is 12.8. The van der Waals surface area contributed by atoms with Crippen molar-refractivity contribution in [2.24, 2.45) is 0 Å². The number of aliphatic hydroxyl groups is 1. The van der Waals surface area contributed by atoms with Crippen molar-refractivity contribution in [3.63, 3.8) is 0 Å². The van der Waals surface area contributed by atoms with E-state index in [1.165, 1.54) is 12.1 Å². The van der Waals surface area contributed by atoms with Crippen molar-refractivity contribution in [2.45, 2.75) is 29.5 Å². The molecule has 2 aromatic rings. The fourth-order valence-corrected chi connectivity index (χ4v) is 4.04. The number of carbonyl (C=O) groups excluding carboxylic acids is 1. The Labute approximate surface area is 156 Å². The molecule has 0 spiro atoms. The summed E-state index contributed by atoms with van der Waals surface area (Å²) in [6.45, 7) is 0.271. The number of nitrogens with zero attached hydrogens (tertiary/aromatic N) is 1. The Kier molecular flexibility index (Phi) is 5.57. The SMILES string of the molecule is O=C(Cc1ccc(S(=O)(=O)C(F)F)cc1)N1CCc2ccccc2C1CO. The molecule has 0 saturated heterocycles. The van der Waals surface area contributed by atoms with E-state index in [1.807, 2.05) is 24.3 Å². The van der Waals surface area contributed by atoms with Crippen LogP contribution in [0.5, 0.6) is 0 Å². The molecule has 5 nitrogen and oxygen atoms in total. The number of hydrogen-bond donors (Lipinski definition) is 1. The highest BCUT2D eigenvalue weighted by Gasteiger charge is 2.30. The highest BCUT2D eigenvalue weighted by molar-refractivity contribution is 7.91. The van der Waals surface area contributed by atoms with Crippen molar-refractivity contribution in [1.29, 1.82) is 0 Å². The first kappa shape index (κ1) is 19.4. The molecule has 0 radical (unpaired) electrons. The number of carbonyl (C=O) groups is 1. The van der Waals surface area contributed by atoms with Crippen molar-refractivity contribution in [2.75, 3.05) is 13.2 Å². The Morgan fingerprint density at radius 3 is 2.44 bits per heavy atom. The molecular weight excluding hydrogens is 376 g/mol. The number of fused-ring (bicyclic) bond motifs is 1. The highest BCUT2D eigenvalue weighted by Crippen LogP contribution is 2.30. The summed E-state index contributed by atoms with van der Waals surface area (Å²) < 4.78 is 48.1. The number of amides is 1. The molecule has 0 bridgehead atoms. The molecule has 1 heterocycles. The summed E-state index contributed by atoms with van der Waals surface area (Å²) in [5.41, 5.74) is 2.53. The zero-order valence-corrected chi connectivity index (χ0v) is 15.2. The molecule has 144 valence electrons. The van der Waals surface area contributed by atoms with E-state index in [4.69, 9.17) is 0 Å². The number of halogens is 2. The Morgan fingerprint density at radius 2 is 1.81 bits per heavy atom. The molecule has 3 rings (SSSR count).